The van der Waals surface area contributed by atoms with Gasteiger partial charge in [0.25, 0.3) is 0 Å². The maximum absolute atomic E-state index is 13.0. The van der Waals surface area contributed by atoms with Crippen LogP contribution in [0.15, 0.2) is 60.4 Å². The van der Waals surface area contributed by atoms with Crippen LogP contribution >= 0.6 is 11.6 Å². The lowest BCUT2D eigenvalue weighted by atomic mass is 10.0. The van der Waals surface area contributed by atoms with Crippen molar-refractivity contribution < 1.29 is 23.7 Å². The number of fused-ring (bicyclic) bond motifs is 3. The molecule has 2 heterocycles. The molecule has 0 saturated carbocycles. The first-order valence-corrected chi connectivity index (χ1v) is 10.9. The van der Waals surface area contributed by atoms with E-state index in [1.54, 1.807) is 38.5 Å². The lowest BCUT2D eigenvalue weighted by Gasteiger charge is -2.29. The van der Waals surface area contributed by atoms with E-state index in [2.05, 4.69) is 4.90 Å². The summed E-state index contributed by atoms with van der Waals surface area (Å²) in [6.07, 6.45) is 1.71. The largest absolute Gasteiger partial charge is 0.493 e. The Morgan fingerprint density at radius 3 is 2.70 bits per heavy atom. The number of allylic oxidation sites excluding steroid dienone is 1. The van der Waals surface area contributed by atoms with Gasteiger partial charge in [-0.2, -0.15) is 0 Å². The Hall–Kier alpha value is -3.48. The summed E-state index contributed by atoms with van der Waals surface area (Å²) in [5, 5.41) is 0.601. The number of ketones is 1. The molecule has 2 aliphatic heterocycles. The zero-order valence-electron chi connectivity index (χ0n) is 18.3. The van der Waals surface area contributed by atoms with E-state index >= 15 is 0 Å². The number of nitrogens with zero attached hydrogens (tertiary/aromatic N) is 1. The van der Waals surface area contributed by atoms with Crippen molar-refractivity contribution in [3.05, 3.63) is 87.6 Å². The molecule has 0 amide bonds. The first-order valence-electron chi connectivity index (χ1n) is 10.5. The van der Waals surface area contributed by atoms with E-state index in [0.29, 0.717) is 47.7 Å². The Labute approximate surface area is 196 Å². The Kier molecular flexibility index (Phi) is 5.70. The maximum atomic E-state index is 13.0. The number of carbonyl (C=O) groups excluding carboxylic acids is 1. The van der Waals surface area contributed by atoms with Crippen LogP contribution in [0.2, 0.25) is 5.02 Å². The molecule has 33 heavy (non-hydrogen) atoms. The lowest BCUT2D eigenvalue weighted by molar-refractivity contribution is 0.0872. The molecular formula is C26H22ClNO5. The Balaban J connectivity index is 1.40. The minimum Gasteiger partial charge on any atom is -0.493 e. The molecule has 0 bridgehead atoms. The first-order chi connectivity index (χ1) is 16.1. The van der Waals surface area contributed by atoms with E-state index in [1.807, 2.05) is 36.4 Å². The molecule has 5 rings (SSSR count). The number of rotatable bonds is 5. The van der Waals surface area contributed by atoms with Crippen molar-refractivity contribution in [3.8, 4) is 23.0 Å². The second kappa shape index (κ2) is 8.81. The van der Waals surface area contributed by atoms with Crippen LogP contribution in [0, 0.1) is 0 Å². The van der Waals surface area contributed by atoms with Gasteiger partial charge in [-0.3, -0.25) is 9.69 Å². The fraction of sp³-hybridized carbons (Fsp3) is 0.192. The van der Waals surface area contributed by atoms with Crippen LogP contribution in [0.1, 0.15) is 27.0 Å². The first kappa shape index (κ1) is 21.4. The summed E-state index contributed by atoms with van der Waals surface area (Å²) in [5.74, 6) is 2.78. The number of carbonyl (C=O) groups is 1. The van der Waals surface area contributed by atoms with Crippen molar-refractivity contribution in [2.75, 3.05) is 21.0 Å². The number of methoxy groups -OCH3 is 2. The third kappa shape index (κ3) is 4.15. The standard InChI is InChI=1S/C26H22ClNO5/c1-30-22-8-6-17(12-23(22)31-2)13-28-14-20-21(32-15-28)9-7-19-25(29)24(33-26(19)20)11-16-4-3-5-18(27)10-16/h3-12H,13-15H2,1-2H3/b24-11-. The van der Waals surface area contributed by atoms with Gasteiger partial charge in [-0.05, 0) is 53.6 Å². The highest BCUT2D eigenvalue weighted by atomic mass is 35.5. The molecule has 168 valence electrons. The Bertz CT molecular complexity index is 1270. The molecule has 0 atom stereocenters. The van der Waals surface area contributed by atoms with Crippen LogP contribution in [0.4, 0.5) is 0 Å². The van der Waals surface area contributed by atoms with E-state index in [0.717, 1.165) is 22.4 Å². The van der Waals surface area contributed by atoms with Gasteiger partial charge < -0.3 is 18.9 Å². The SMILES string of the molecule is COc1ccc(CN2COc3ccc4c(c3C2)O/C(=C\c2cccc(Cl)c2)C4=O)cc1OC. The average molecular weight is 464 g/mol. The van der Waals surface area contributed by atoms with Gasteiger partial charge in [0.05, 0.1) is 25.3 Å². The Morgan fingerprint density at radius 2 is 1.91 bits per heavy atom. The predicted molar refractivity (Wildman–Crippen MR) is 125 cm³/mol. The van der Waals surface area contributed by atoms with Crippen molar-refractivity contribution >= 4 is 23.5 Å². The van der Waals surface area contributed by atoms with E-state index in [9.17, 15) is 4.79 Å². The van der Waals surface area contributed by atoms with Crippen molar-refractivity contribution in [3.63, 3.8) is 0 Å². The molecule has 3 aromatic rings. The smallest absolute Gasteiger partial charge is 0.231 e. The van der Waals surface area contributed by atoms with Gasteiger partial charge in [0.15, 0.2) is 17.3 Å². The van der Waals surface area contributed by atoms with Gasteiger partial charge in [0, 0.05) is 18.1 Å². The Morgan fingerprint density at radius 1 is 1.06 bits per heavy atom. The van der Waals surface area contributed by atoms with Gasteiger partial charge in [-0.1, -0.05) is 29.8 Å². The van der Waals surface area contributed by atoms with Crippen LogP contribution in [-0.4, -0.2) is 31.6 Å². The van der Waals surface area contributed by atoms with Crippen LogP contribution in [0.25, 0.3) is 6.08 Å². The van der Waals surface area contributed by atoms with Crippen molar-refractivity contribution in [2.24, 2.45) is 0 Å². The summed E-state index contributed by atoms with van der Waals surface area (Å²) in [7, 11) is 3.23. The number of Topliss-reactive ketones (excluding diaryl/α,β-unsaturated/α-hetero) is 1. The molecule has 0 unspecified atom stereocenters. The molecule has 6 nitrogen and oxygen atoms in total. The molecule has 0 aromatic heterocycles. The molecule has 0 N–H and O–H groups in total. The number of hydrogen-bond donors (Lipinski definition) is 0. The molecule has 2 aliphatic rings. The van der Waals surface area contributed by atoms with E-state index in [-0.39, 0.29) is 11.5 Å². The van der Waals surface area contributed by atoms with Crippen LogP contribution in [0.3, 0.4) is 0 Å². The number of hydrogen-bond acceptors (Lipinski definition) is 6. The van der Waals surface area contributed by atoms with Gasteiger partial charge in [0.1, 0.15) is 18.2 Å². The molecule has 0 fully saturated rings. The van der Waals surface area contributed by atoms with Gasteiger partial charge in [-0.15, -0.1) is 0 Å². The molecule has 7 heteroatoms. The molecule has 0 radical (unpaired) electrons. The van der Waals surface area contributed by atoms with E-state index in [4.69, 9.17) is 30.5 Å². The zero-order valence-corrected chi connectivity index (χ0v) is 19.0. The van der Waals surface area contributed by atoms with Crippen molar-refractivity contribution in [2.45, 2.75) is 13.1 Å². The number of ether oxygens (including phenoxy) is 4. The van der Waals surface area contributed by atoms with Crippen LogP contribution in [-0.2, 0) is 13.1 Å². The van der Waals surface area contributed by atoms with E-state index < -0.39 is 0 Å². The summed E-state index contributed by atoms with van der Waals surface area (Å²) in [6, 6.07) is 16.7. The van der Waals surface area contributed by atoms with Gasteiger partial charge in [0.2, 0.25) is 5.78 Å². The second-order valence-corrected chi connectivity index (χ2v) is 8.30. The molecule has 0 aliphatic carbocycles. The minimum absolute atomic E-state index is 0.148. The summed E-state index contributed by atoms with van der Waals surface area (Å²) < 4.78 is 22.8. The minimum atomic E-state index is -0.148. The summed E-state index contributed by atoms with van der Waals surface area (Å²) >= 11 is 6.08. The fourth-order valence-corrected chi connectivity index (χ4v) is 4.29. The quantitative estimate of drug-likeness (QED) is 0.477. The number of benzene rings is 3. The third-order valence-electron chi connectivity index (χ3n) is 5.68. The highest BCUT2D eigenvalue weighted by molar-refractivity contribution is 6.30. The van der Waals surface area contributed by atoms with Gasteiger partial charge in [-0.25, -0.2) is 0 Å². The average Bonchev–Trinajstić information content (AvgIpc) is 3.14. The van der Waals surface area contributed by atoms with Crippen molar-refractivity contribution in [1.29, 1.82) is 0 Å². The molecule has 3 aromatic carbocycles. The summed E-state index contributed by atoms with van der Waals surface area (Å²) in [6.45, 7) is 1.66. The normalized spacial score (nSPS) is 16.1. The third-order valence-corrected chi connectivity index (χ3v) is 5.92. The van der Waals surface area contributed by atoms with Gasteiger partial charge >= 0.3 is 0 Å². The van der Waals surface area contributed by atoms with Crippen LogP contribution < -0.4 is 18.9 Å². The van der Waals surface area contributed by atoms with Crippen molar-refractivity contribution in [1.82, 2.24) is 4.90 Å². The molecule has 0 saturated heterocycles. The highest BCUT2D eigenvalue weighted by Gasteiger charge is 2.33. The fourth-order valence-electron chi connectivity index (χ4n) is 4.09. The predicted octanol–water partition coefficient (Wildman–Crippen LogP) is 5.33. The number of halogens is 1. The molecule has 0 spiro atoms. The second-order valence-electron chi connectivity index (χ2n) is 7.86. The topological polar surface area (TPSA) is 57.2 Å². The monoisotopic (exact) mass is 463 g/mol. The van der Waals surface area contributed by atoms with E-state index in [1.165, 1.54) is 0 Å². The highest BCUT2D eigenvalue weighted by Crippen LogP contribution is 2.42. The van der Waals surface area contributed by atoms with Crippen LogP contribution in [0.5, 0.6) is 23.0 Å². The maximum Gasteiger partial charge on any atom is 0.231 e. The lowest BCUT2D eigenvalue weighted by Crippen LogP contribution is -2.31. The molecular weight excluding hydrogens is 442 g/mol. The summed E-state index contributed by atoms with van der Waals surface area (Å²) in [5.41, 5.74) is 3.27. The zero-order chi connectivity index (χ0) is 22.9. The summed E-state index contributed by atoms with van der Waals surface area (Å²) in [4.78, 5) is 15.1.